The van der Waals surface area contributed by atoms with Crippen molar-refractivity contribution in [1.82, 2.24) is 9.78 Å². The lowest BCUT2D eigenvalue weighted by Gasteiger charge is -2.03. The molecule has 1 aliphatic rings. The fourth-order valence-corrected chi connectivity index (χ4v) is 2.35. The molecule has 3 nitrogen and oxygen atoms in total. The number of aromatic nitrogens is 2. The Morgan fingerprint density at radius 2 is 2.14 bits per heavy atom. The van der Waals surface area contributed by atoms with E-state index in [9.17, 15) is 0 Å². The van der Waals surface area contributed by atoms with Gasteiger partial charge in [-0.2, -0.15) is 5.10 Å². The molecular weight excluding hydrogens is 174 g/mol. The maximum absolute atomic E-state index is 5.87. The van der Waals surface area contributed by atoms with Crippen LogP contribution in [-0.4, -0.2) is 9.78 Å². The van der Waals surface area contributed by atoms with E-state index in [0.717, 1.165) is 5.69 Å². The van der Waals surface area contributed by atoms with Gasteiger partial charge in [0.05, 0.1) is 11.4 Å². The predicted molar refractivity (Wildman–Crippen MR) is 57.0 cm³/mol. The summed E-state index contributed by atoms with van der Waals surface area (Å²) in [4.78, 5) is 0. The summed E-state index contributed by atoms with van der Waals surface area (Å²) in [5.41, 5.74) is 8.26. The van der Waals surface area contributed by atoms with Crippen molar-refractivity contribution < 1.29 is 0 Å². The summed E-state index contributed by atoms with van der Waals surface area (Å²) >= 11 is 0. The molecule has 1 fully saturated rings. The van der Waals surface area contributed by atoms with Crippen LogP contribution in [0.1, 0.15) is 56.0 Å². The first-order chi connectivity index (χ1) is 6.68. The van der Waals surface area contributed by atoms with Crippen LogP contribution in [0, 0.1) is 0 Å². The average Bonchev–Trinajstić information content (AvgIpc) is 2.70. The molecule has 1 aliphatic carbocycles. The maximum atomic E-state index is 5.87. The van der Waals surface area contributed by atoms with E-state index in [1.54, 1.807) is 0 Å². The summed E-state index contributed by atoms with van der Waals surface area (Å²) in [5.74, 6) is 0.689. The number of hydrogen-bond acceptors (Lipinski definition) is 2. The first-order valence-corrected chi connectivity index (χ1v) is 5.48. The van der Waals surface area contributed by atoms with Gasteiger partial charge in [-0.15, -0.1) is 0 Å². The molecular formula is C11H19N3. The summed E-state index contributed by atoms with van der Waals surface area (Å²) in [6, 6.07) is 2.27. The molecule has 1 aromatic heterocycles. The monoisotopic (exact) mass is 193 g/mol. The highest BCUT2D eigenvalue weighted by Gasteiger charge is 2.21. The van der Waals surface area contributed by atoms with Crippen LogP contribution >= 0.6 is 0 Å². The molecule has 0 aliphatic heterocycles. The standard InChI is InChI=1S/C11H19N3/c1-8(12)11-7-10(13-14(11)2)9-5-3-4-6-9/h7-9H,3-6,12H2,1-2H3/t8-/m1/s1. The molecule has 1 aromatic rings. The van der Waals surface area contributed by atoms with E-state index in [1.165, 1.54) is 31.4 Å². The molecule has 0 saturated heterocycles. The van der Waals surface area contributed by atoms with E-state index in [1.807, 2.05) is 18.7 Å². The topological polar surface area (TPSA) is 43.8 Å². The third-order valence-electron chi connectivity index (χ3n) is 3.17. The van der Waals surface area contributed by atoms with Gasteiger partial charge in [-0.3, -0.25) is 4.68 Å². The Morgan fingerprint density at radius 1 is 1.50 bits per heavy atom. The zero-order valence-corrected chi connectivity index (χ0v) is 9.03. The van der Waals surface area contributed by atoms with Crippen molar-refractivity contribution in [1.29, 1.82) is 0 Å². The number of nitrogens with two attached hydrogens (primary N) is 1. The fourth-order valence-electron chi connectivity index (χ4n) is 2.35. The number of hydrogen-bond donors (Lipinski definition) is 1. The summed E-state index contributed by atoms with van der Waals surface area (Å²) < 4.78 is 1.93. The lowest BCUT2D eigenvalue weighted by Crippen LogP contribution is -2.10. The third kappa shape index (κ3) is 1.69. The van der Waals surface area contributed by atoms with Crippen LogP contribution in [0.15, 0.2) is 6.07 Å². The Morgan fingerprint density at radius 3 is 2.64 bits per heavy atom. The van der Waals surface area contributed by atoms with E-state index in [-0.39, 0.29) is 6.04 Å². The van der Waals surface area contributed by atoms with Gasteiger partial charge in [0.25, 0.3) is 0 Å². The van der Waals surface area contributed by atoms with E-state index in [2.05, 4.69) is 11.2 Å². The Balaban J connectivity index is 2.22. The molecule has 1 heterocycles. The SMILES string of the molecule is C[C@@H](N)c1cc(C2CCCC2)nn1C. The molecule has 2 rings (SSSR count). The molecule has 1 saturated carbocycles. The highest BCUT2D eigenvalue weighted by molar-refractivity contribution is 5.17. The largest absolute Gasteiger partial charge is 0.323 e. The average molecular weight is 193 g/mol. The van der Waals surface area contributed by atoms with Crippen molar-refractivity contribution in [2.75, 3.05) is 0 Å². The van der Waals surface area contributed by atoms with E-state index < -0.39 is 0 Å². The maximum Gasteiger partial charge on any atom is 0.0658 e. The predicted octanol–water partition coefficient (Wildman–Crippen LogP) is 2.10. The quantitative estimate of drug-likeness (QED) is 0.781. The van der Waals surface area contributed by atoms with Gasteiger partial charge in [-0.1, -0.05) is 12.8 Å². The second-order valence-electron chi connectivity index (χ2n) is 4.39. The van der Waals surface area contributed by atoms with Crippen molar-refractivity contribution in [3.8, 4) is 0 Å². The molecule has 0 radical (unpaired) electrons. The third-order valence-corrected chi connectivity index (χ3v) is 3.17. The first kappa shape index (κ1) is 9.71. The van der Waals surface area contributed by atoms with Crippen molar-refractivity contribution >= 4 is 0 Å². The van der Waals surface area contributed by atoms with E-state index in [0.29, 0.717) is 5.92 Å². The second-order valence-corrected chi connectivity index (χ2v) is 4.39. The van der Waals surface area contributed by atoms with Crippen molar-refractivity contribution in [2.24, 2.45) is 12.8 Å². The molecule has 1 atom stereocenters. The molecule has 2 N–H and O–H groups in total. The van der Waals surface area contributed by atoms with Crippen LogP contribution in [-0.2, 0) is 7.05 Å². The van der Waals surface area contributed by atoms with Crippen LogP contribution < -0.4 is 5.73 Å². The summed E-state index contributed by atoms with van der Waals surface area (Å²) in [5, 5.41) is 4.55. The summed E-state index contributed by atoms with van der Waals surface area (Å²) in [7, 11) is 1.98. The molecule has 0 unspecified atom stereocenters. The Hall–Kier alpha value is -0.830. The van der Waals surface area contributed by atoms with E-state index >= 15 is 0 Å². The minimum absolute atomic E-state index is 0.0858. The summed E-state index contributed by atoms with van der Waals surface area (Å²) in [6.07, 6.45) is 5.31. The van der Waals surface area contributed by atoms with Gasteiger partial charge in [0, 0.05) is 19.0 Å². The highest BCUT2D eigenvalue weighted by atomic mass is 15.3. The minimum atomic E-state index is 0.0858. The van der Waals surface area contributed by atoms with E-state index in [4.69, 9.17) is 5.73 Å². The number of aryl methyl sites for hydroxylation is 1. The molecule has 0 spiro atoms. The van der Waals surface area contributed by atoms with Crippen LogP contribution in [0.25, 0.3) is 0 Å². The van der Waals surface area contributed by atoms with Crippen molar-refractivity contribution in [2.45, 2.75) is 44.6 Å². The minimum Gasteiger partial charge on any atom is -0.323 e. The van der Waals surface area contributed by atoms with Gasteiger partial charge in [0.2, 0.25) is 0 Å². The molecule has 78 valence electrons. The molecule has 0 aromatic carbocycles. The van der Waals surface area contributed by atoms with Gasteiger partial charge in [0.15, 0.2) is 0 Å². The Bertz CT molecular complexity index is 308. The van der Waals surface area contributed by atoms with Crippen LogP contribution in [0.5, 0.6) is 0 Å². The smallest absolute Gasteiger partial charge is 0.0658 e. The van der Waals surface area contributed by atoms with Gasteiger partial charge in [-0.05, 0) is 25.8 Å². The van der Waals surface area contributed by atoms with Gasteiger partial charge in [0.1, 0.15) is 0 Å². The number of nitrogens with zero attached hydrogens (tertiary/aromatic N) is 2. The zero-order valence-electron chi connectivity index (χ0n) is 9.03. The normalized spacial score (nSPS) is 20.2. The van der Waals surface area contributed by atoms with Crippen molar-refractivity contribution in [3.05, 3.63) is 17.5 Å². The van der Waals surface area contributed by atoms with Crippen LogP contribution in [0.4, 0.5) is 0 Å². The highest BCUT2D eigenvalue weighted by Crippen LogP contribution is 2.33. The van der Waals surface area contributed by atoms with Crippen LogP contribution in [0.3, 0.4) is 0 Å². The molecule has 3 heteroatoms. The Labute approximate surface area is 85.3 Å². The summed E-state index contributed by atoms with van der Waals surface area (Å²) in [6.45, 7) is 2.01. The van der Waals surface area contributed by atoms with Crippen LogP contribution in [0.2, 0.25) is 0 Å². The second kappa shape index (κ2) is 3.73. The lowest BCUT2D eigenvalue weighted by atomic mass is 10.0. The van der Waals surface area contributed by atoms with Gasteiger partial charge in [-0.25, -0.2) is 0 Å². The van der Waals surface area contributed by atoms with Gasteiger partial charge < -0.3 is 5.73 Å². The Kier molecular flexibility index (Phi) is 2.59. The zero-order chi connectivity index (χ0) is 10.1. The lowest BCUT2D eigenvalue weighted by molar-refractivity contribution is 0.626. The molecule has 0 amide bonds. The molecule has 14 heavy (non-hydrogen) atoms. The first-order valence-electron chi connectivity index (χ1n) is 5.48. The van der Waals surface area contributed by atoms with Crippen molar-refractivity contribution in [3.63, 3.8) is 0 Å². The molecule has 0 bridgehead atoms. The number of rotatable bonds is 2. The van der Waals surface area contributed by atoms with Gasteiger partial charge >= 0.3 is 0 Å². The fraction of sp³-hybridized carbons (Fsp3) is 0.727.